The lowest BCUT2D eigenvalue weighted by molar-refractivity contribution is 0.368. The molecule has 0 fully saturated rings. The Bertz CT molecular complexity index is 502. The summed E-state index contributed by atoms with van der Waals surface area (Å²) in [6, 6.07) is 8.32. The molecule has 0 bridgehead atoms. The number of nitrogens with zero attached hydrogens (tertiary/aromatic N) is 2. The normalized spacial score (nSPS) is 11.2. The summed E-state index contributed by atoms with van der Waals surface area (Å²) < 4.78 is 5.22. The summed E-state index contributed by atoms with van der Waals surface area (Å²) in [7, 11) is 0. The summed E-state index contributed by atoms with van der Waals surface area (Å²) in [6.45, 7) is 8.08. The molecule has 0 saturated heterocycles. The monoisotopic (exact) mass is 259 g/mol. The Morgan fingerprint density at radius 2 is 1.95 bits per heavy atom. The number of rotatable bonds is 6. The molecule has 4 heteroatoms. The topological polar surface area (TPSA) is 51.0 Å². The number of aromatic nitrogens is 2. The zero-order chi connectivity index (χ0) is 13.7. The van der Waals surface area contributed by atoms with Crippen molar-refractivity contribution >= 4 is 0 Å². The molecule has 1 heterocycles. The molecule has 1 N–H and O–H groups in total. The van der Waals surface area contributed by atoms with E-state index in [1.165, 1.54) is 5.56 Å². The maximum absolute atomic E-state index is 5.22. The van der Waals surface area contributed by atoms with E-state index in [-0.39, 0.29) is 0 Å². The molecule has 1 aromatic carbocycles. The second kappa shape index (κ2) is 6.48. The molecule has 0 spiro atoms. The second-order valence-corrected chi connectivity index (χ2v) is 4.97. The van der Waals surface area contributed by atoms with Crippen LogP contribution in [0, 0.1) is 0 Å². The third-order valence-electron chi connectivity index (χ3n) is 3.01. The Balaban J connectivity index is 2.05. The predicted molar refractivity (Wildman–Crippen MR) is 75.8 cm³/mol. The molecule has 0 aliphatic rings. The highest BCUT2D eigenvalue weighted by Crippen LogP contribution is 2.20. The second-order valence-electron chi connectivity index (χ2n) is 4.97. The van der Waals surface area contributed by atoms with Gasteiger partial charge in [-0.15, -0.1) is 0 Å². The summed E-state index contributed by atoms with van der Waals surface area (Å²) in [4.78, 5) is 4.39. The quantitative estimate of drug-likeness (QED) is 0.808. The Morgan fingerprint density at radius 1 is 1.21 bits per heavy atom. The molecule has 0 aliphatic heterocycles. The molecule has 0 saturated carbocycles. The first-order valence-electron chi connectivity index (χ1n) is 6.84. The molecular weight excluding hydrogens is 238 g/mol. The fourth-order valence-corrected chi connectivity index (χ4v) is 1.83. The van der Waals surface area contributed by atoms with Crippen LogP contribution in [0.2, 0.25) is 0 Å². The van der Waals surface area contributed by atoms with E-state index in [4.69, 9.17) is 4.52 Å². The minimum Gasteiger partial charge on any atom is -0.338 e. The van der Waals surface area contributed by atoms with Crippen LogP contribution in [0.25, 0.3) is 11.4 Å². The zero-order valence-electron chi connectivity index (χ0n) is 11.8. The molecule has 2 rings (SSSR count). The Kier molecular flexibility index (Phi) is 4.68. The highest BCUT2D eigenvalue weighted by Gasteiger charge is 2.08. The van der Waals surface area contributed by atoms with Gasteiger partial charge in [0.2, 0.25) is 11.7 Å². The number of benzene rings is 1. The smallest absolute Gasteiger partial charge is 0.240 e. The summed E-state index contributed by atoms with van der Waals surface area (Å²) in [6.07, 6.45) is 1.09. The van der Waals surface area contributed by atoms with Crippen LogP contribution in [-0.2, 0) is 6.54 Å². The molecule has 2 aromatic rings. The van der Waals surface area contributed by atoms with Gasteiger partial charge in [0.05, 0.1) is 6.54 Å². The first-order valence-corrected chi connectivity index (χ1v) is 6.84. The maximum atomic E-state index is 5.22. The van der Waals surface area contributed by atoms with Crippen LogP contribution < -0.4 is 5.32 Å². The molecule has 0 radical (unpaired) electrons. The van der Waals surface area contributed by atoms with Crippen LogP contribution in [0.5, 0.6) is 0 Å². The van der Waals surface area contributed by atoms with Crippen molar-refractivity contribution in [3.63, 3.8) is 0 Å². The lowest BCUT2D eigenvalue weighted by Crippen LogP contribution is -2.13. The van der Waals surface area contributed by atoms with Crippen molar-refractivity contribution in [2.24, 2.45) is 0 Å². The van der Waals surface area contributed by atoms with Crippen LogP contribution in [-0.4, -0.2) is 16.7 Å². The van der Waals surface area contributed by atoms with E-state index in [9.17, 15) is 0 Å². The third-order valence-corrected chi connectivity index (χ3v) is 3.01. The first-order chi connectivity index (χ1) is 9.20. The number of hydrogen-bond donors (Lipinski definition) is 1. The molecule has 4 nitrogen and oxygen atoms in total. The van der Waals surface area contributed by atoms with Crippen molar-refractivity contribution in [2.75, 3.05) is 6.54 Å². The van der Waals surface area contributed by atoms with Crippen molar-refractivity contribution in [1.29, 1.82) is 0 Å². The fraction of sp³-hybridized carbons (Fsp3) is 0.467. The van der Waals surface area contributed by atoms with Crippen molar-refractivity contribution in [2.45, 2.75) is 39.7 Å². The number of nitrogens with one attached hydrogen (secondary N) is 1. The summed E-state index contributed by atoms with van der Waals surface area (Å²) in [5.41, 5.74) is 2.31. The summed E-state index contributed by atoms with van der Waals surface area (Å²) in [5, 5.41) is 7.26. The van der Waals surface area contributed by atoms with Crippen LogP contribution in [0.3, 0.4) is 0 Å². The van der Waals surface area contributed by atoms with Gasteiger partial charge in [0.15, 0.2) is 0 Å². The third kappa shape index (κ3) is 3.64. The average Bonchev–Trinajstić information content (AvgIpc) is 2.88. The van der Waals surface area contributed by atoms with Gasteiger partial charge >= 0.3 is 0 Å². The lowest BCUT2D eigenvalue weighted by Gasteiger charge is -2.04. The highest BCUT2D eigenvalue weighted by atomic mass is 16.5. The van der Waals surface area contributed by atoms with Gasteiger partial charge in [-0.3, -0.25) is 0 Å². The van der Waals surface area contributed by atoms with E-state index in [1.54, 1.807) is 0 Å². The van der Waals surface area contributed by atoms with Gasteiger partial charge in [-0.25, -0.2) is 0 Å². The van der Waals surface area contributed by atoms with Gasteiger partial charge in [0.1, 0.15) is 0 Å². The minimum absolute atomic E-state index is 0.535. The average molecular weight is 259 g/mol. The highest BCUT2D eigenvalue weighted by molar-refractivity contribution is 5.54. The lowest BCUT2D eigenvalue weighted by atomic mass is 10.0. The minimum atomic E-state index is 0.535. The van der Waals surface area contributed by atoms with Crippen LogP contribution >= 0.6 is 0 Å². The Hall–Kier alpha value is -1.68. The molecule has 1 aromatic heterocycles. The van der Waals surface area contributed by atoms with Crippen LogP contribution in [0.4, 0.5) is 0 Å². The molecule has 19 heavy (non-hydrogen) atoms. The first kappa shape index (κ1) is 13.7. The maximum Gasteiger partial charge on any atom is 0.240 e. The van der Waals surface area contributed by atoms with Gasteiger partial charge in [-0.2, -0.15) is 4.98 Å². The van der Waals surface area contributed by atoms with Crippen LogP contribution in [0.1, 0.15) is 44.6 Å². The SMILES string of the molecule is CCCNCc1nc(-c2ccc(C(C)C)cc2)no1. The van der Waals surface area contributed by atoms with E-state index in [0.29, 0.717) is 24.2 Å². The van der Waals surface area contributed by atoms with Crippen molar-refractivity contribution in [1.82, 2.24) is 15.5 Å². The Labute approximate surface area is 114 Å². The van der Waals surface area contributed by atoms with Crippen molar-refractivity contribution in [3.05, 3.63) is 35.7 Å². The van der Waals surface area contributed by atoms with E-state index >= 15 is 0 Å². The van der Waals surface area contributed by atoms with E-state index in [1.807, 2.05) is 12.1 Å². The Morgan fingerprint density at radius 3 is 2.58 bits per heavy atom. The van der Waals surface area contributed by atoms with Crippen LogP contribution in [0.15, 0.2) is 28.8 Å². The van der Waals surface area contributed by atoms with Gasteiger partial charge < -0.3 is 9.84 Å². The van der Waals surface area contributed by atoms with Gasteiger partial charge in [0, 0.05) is 5.56 Å². The van der Waals surface area contributed by atoms with Crippen molar-refractivity contribution in [3.8, 4) is 11.4 Å². The predicted octanol–water partition coefficient (Wildman–Crippen LogP) is 3.36. The van der Waals surface area contributed by atoms with Crippen molar-refractivity contribution < 1.29 is 4.52 Å². The van der Waals surface area contributed by atoms with Gasteiger partial charge in [-0.05, 0) is 24.4 Å². The standard InChI is InChI=1S/C15H21N3O/c1-4-9-16-10-14-17-15(18-19-14)13-7-5-12(6-8-13)11(2)3/h5-8,11,16H,4,9-10H2,1-3H3. The zero-order valence-corrected chi connectivity index (χ0v) is 11.8. The molecule has 102 valence electrons. The van der Waals surface area contributed by atoms with E-state index in [2.05, 4.69) is 48.4 Å². The van der Waals surface area contributed by atoms with Gasteiger partial charge in [0.25, 0.3) is 0 Å². The van der Waals surface area contributed by atoms with E-state index in [0.717, 1.165) is 18.5 Å². The summed E-state index contributed by atoms with van der Waals surface area (Å²) >= 11 is 0. The molecule has 0 atom stereocenters. The molecule has 0 unspecified atom stereocenters. The fourth-order valence-electron chi connectivity index (χ4n) is 1.83. The number of hydrogen-bond acceptors (Lipinski definition) is 4. The molecular formula is C15H21N3O. The summed E-state index contributed by atoms with van der Waals surface area (Å²) in [5.74, 6) is 1.83. The van der Waals surface area contributed by atoms with Gasteiger partial charge in [-0.1, -0.05) is 50.2 Å². The molecule has 0 amide bonds. The molecule has 0 aliphatic carbocycles. The largest absolute Gasteiger partial charge is 0.338 e. The van der Waals surface area contributed by atoms with E-state index < -0.39 is 0 Å².